The van der Waals surface area contributed by atoms with Crippen molar-refractivity contribution in [3.8, 4) is 0 Å². The predicted molar refractivity (Wildman–Crippen MR) is 103 cm³/mol. The summed E-state index contributed by atoms with van der Waals surface area (Å²) in [7, 11) is 0. The second-order valence-electron chi connectivity index (χ2n) is 6.05. The van der Waals surface area contributed by atoms with Crippen molar-refractivity contribution in [1.82, 2.24) is 14.9 Å². The number of nitrogens with one attached hydrogen (secondary N) is 1. The van der Waals surface area contributed by atoms with Gasteiger partial charge in [0, 0.05) is 37.6 Å². The van der Waals surface area contributed by atoms with Crippen molar-refractivity contribution < 1.29 is 9.18 Å². The quantitative estimate of drug-likeness (QED) is 0.691. The van der Waals surface area contributed by atoms with E-state index in [1.807, 2.05) is 37.3 Å². The smallest absolute Gasteiger partial charge is 0.257 e. The lowest BCUT2D eigenvalue weighted by atomic mass is 10.2. The Balaban J connectivity index is 1.63. The summed E-state index contributed by atoms with van der Waals surface area (Å²) in [5.41, 5.74) is 2.02. The van der Waals surface area contributed by atoms with Crippen LogP contribution in [0.25, 0.3) is 0 Å². The van der Waals surface area contributed by atoms with Crippen LogP contribution in [0.1, 0.15) is 28.4 Å². The first-order chi connectivity index (χ1) is 13.2. The summed E-state index contributed by atoms with van der Waals surface area (Å²) in [6.45, 7) is 3.32. The molecule has 0 fully saturated rings. The highest BCUT2D eigenvalue weighted by molar-refractivity contribution is 5.93. The van der Waals surface area contributed by atoms with E-state index in [0.29, 0.717) is 30.2 Å². The van der Waals surface area contributed by atoms with Crippen molar-refractivity contribution in [2.45, 2.75) is 20.0 Å². The maximum atomic E-state index is 13.6. The Hall–Kier alpha value is -3.28. The summed E-state index contributed by atoms with van der Waals surface area (Å²) in [6, 6.07) is 16.3. The molecule has 0 aliphatic heterocycles. The number of hydrogen-bond acceptors (Lipinski definition) is 4. The minimum Gasteiger partial charge on any atom is -0.350 e. The van der Waals surface area contributed by atoms with Crippen LogP contribution in [0.15, 0.2) is 67.0 Å². The van der Waals surface area contributed by atoms with Gasteiger partial charge in [0.1, 0.15) is 5.82 Å². The number of hydrogen-bond donors (Lipinski definition) is 1. The van der Waals surface area contributed by atoms with Crippen molar-refractivity contribution in [3.05, 3.63) is 89.5 Å². The third-order valence-electron chi connectivity index (χ3n) is 4.18. The third-order valence-corrected chi connectivity index (χ3v) is 4.18. The van der Waals surface area contributed by atoms with Crippen LogP contribution < -0.4 is 5.32 Å². The Labute approximate surface area is 157 Å². The number of anilines is 1. The van der Waals surface area contributed by atoms with Gasteiger partial charge < -0.3 is 10.2 Å². The highest BCUT2D eigenvalue weighted by atomic mass is 19.1. The summed E-state index contributed by atoms with van der Waals surface area (Å²) in [5.74, 6) is -0.0563. The molecule has 0 spiro atoms. The Morgan fingerprint density at radius 1 is 1.04 bits per heavy atom. The van der Waals surface area contributed by atoms with Gasteiger partial charge in [-0.05, 0) is 18.6 Å². The van der Waals surface area contributed by atoms with Gasteiger partial charge in [-0.15, -0.1) is 0 Å². The lowest BCUT2D eigenvalue weighted by Crippen LogP contribution is -2.30. The highest BCUT2D eigenvalue weighted by Gasteiger charge is 2.15. The van der Waals surface area contributed by atoms with Crippen LogP contribution in [0.3, 0.4) is 0 Å². The van der Waals surface area contributed by atoms with Crippen LogP contribution >= 0.6 is 0 Å². The molecular formula is C21H21FN4O. The molecule has 0 saturated carbocycles. The summed E-state index contributed by atoms with van der Waals surface area (Å²) < 4.78 is 13.6. The summed E-state index contributed by atoms with van der Waals surface area (Å²) >= 11 is 0. The number of carbonyl (C=O) groups is 1. The van der Waals surface area contributed by atoms with E-state index < -0.39 is 0 Å². The molecule has 6 heteroatoms. The van der Waals surface area contributed by atoms with E-state index in [1.54, 1.807) is 23.1 Å². The minimum atomic E-state index is -0.281. The first kappa shape index (κ1) is 18.5. The average molecular weight is 364 g/mol. The normalized spacial score (nSPS) is 10.4. The van der Waals surface area contributed by atoms with Crippen molar-refractivity contribution in [3.63, 3.8) is 0 Å². The molecule has 3 aromatic rings. The molecule has 0 saturated heterocycles. The average Bonchev–Trinajstić information content (AvgIpc) is 2.72. The largest absolute Gasteiger partial charge is 0.350 e. The molecule has 1 N–H and O–H groups in total. The van der Waals surface area contributed by atoms with Crippen LogP contribution in [0.5, 0.6) is 0 Å². The SMILES string of the molecule is CCN(Cc1ccccc1)C(=O)c1cnc(NCc2ccccc2F)nc1. The topological polar surface area (TPSA) is 58.1 Å². The molecule has 0 aliphatic carbocycles. The number of nitrogens with zero attached hydrogens (tertiary/aromatic N) is 3. The van der Waals surface area contributed by atoms with E-state index in [2.05, 4.69) is 15.3 Å². The number of benzene rings is 2. The van der Waals surface area contributed by atoms with Crippen molar-refractivity contribution in [2.75, 3.05) is 11.9 Å². The molecule has 138 valence electrons. The molecule has 27 heavy (non-hydrogen) atoms. The number of aromatic nitrogens is 2. The Kier molecular flexibility index (Phi) is 6.10. The van der Waals surface area contributed by atoms with Crippen LogP contribution in [0, 0.1) is 5.82 Å². The van der Waals surface area contributed by atoms with E-state index in [0.717, 1.165) is 5.56 Å². The van der Waals surface area contributed by atoms with E-state index in [4.69, 9.17) is 0 Å². The Morgan fingerprint density at radius 2 is 1.70 bits per heavy atom. The van der Waals surface area contributed by atoms with Gasteiger partial charge in [0.2, 0.25) is 5.95 Å². The van der Waals surface area contributed by atoms with Crippen molar-refractivity contribution >= 4 is 11.9 Å². The first-order valence-corrected chi connectivity index (χ1v) is 8.80. The van der Waals surface area contributed by atoms with E-state index in [-0.39, 0.29) is 18.3 Å². The fourth-order valence-corrected chi connectivity index (χ4v) is 2.66. The van der Waals surface area contributed by atoms with Gasteiger partial charge >= 0.3 is 0 Å². The van der Waals surface area contributed by atoms with Crippen LogP contribution in [0.2, 0.25) is 0 Å². The van der Waals surface area contributed by atoms with Crippen LogP contribution in [-0.4, -0.2) is 27.3 Å². The van der Waals surface area contributed by atoms with Crippen molar-refractivity contribution in [2.24, 2.45) is 0 Å². The van der Waals surface area contributed by atoms with Crippen LogP contribution in [-0.2, 0) is 13.1 Å². The zero-order valence-electron chi connectivity index (χ0n) is 15.1. The number of amides is 1. The van der Waals surface area contributed by atoms with Gasteiger partial charge in [-0.25, -0.2) is 14.4 Å². The van der Waals surface area contributed by atoms with Gasteiger partial charge in [-0.1, -0.05) is 48.5 Å². The van der Waals surface area contributed by atoms with Gasteiger partial charge in [0.25, 0.3) is 5.91 Å². The van der Waals surface area contributed by atoms with E-state index in [1.165, 1.54) is 18.5 Å². The monoisotopic (exact) mass is 364 g/mol. The van der Waals surface area contributed by atoms with Gasteiger partial charge in [-0.3, -0.25) is 4.79 Å². The molecule has 0 bridgehead atoms. The molecule has 3 rings (SSSR count). The molecule has 5 nitrogen and oxygen atoms in total. The summed E-state index contributed by atoms with van der Waals surface area (Å²) in [5, 5.41) is 2.96. The van der Waals surface area contributed by atoms with Crippen molar-refractivity contribution in [1.29, 1.82) is 0 Å². The highest BCUT2D eigenvalue weighted by Crippen LogP contribution is 2.11. The molecule has 1 heterocycles. The predicted octanol–water partition coefficient (Wildman–Crippen LogP) is 3.89. The van der Waals surface area contributed by atoms with Gasteiger partial charge in [0.05, 0.1) is 5.56 Å². The summed E-state index contributed by atoms with van der Waals surface area (Å²) in [6.07, 6.45) is 2.99. The molecule has 0 aliphatic rings. The molecule has 0 radical (unpaired) electrons. The number of carbonyl (C=O) groups excluding carboxylic acids is 1. The standard InChI is InChI=1S/C21H21FN4O/c1-2-26(15-16-8-4-3-5-9-16)20(27)18-13-24-21(25-14-18)23-12-17-10-6-7-11-19(17)22/h3-11,13-14H,2,12,15H2,1H3,(H,23,24,25). The Morgan fingerprint density at radius 3 is 2.37 bits per heavy atom. The zero-order valence-corrected chi connectivity index (χ0v) is 15.1. The minimum absolute atomic E-state index is 0.123. The third kappa shape index (κ3) is 4.88. The molecule has 2 aromatic carbocycles. The lowest BCUT2D eigenvalue weighted by Gasteiger charge is -2.20. The fraction of sp³-hybridized carbons (Fsp3) is 0.190. The second-order valence-corrected chi connectivity index (χ2v) is 6.05. The molecule has 0 unspecified atom stereocenters. The lowest BCUT2D eigenvalue weighted by molar-refractivity contribution is 0.0751. The molecular weight excluding hydrogens is 343 g/mol. The molecule has 1 amide bonds. The fourth-order valence-electron chi connectivity index (χ4n) is 2.66. The molecule has 0 atom stereocenters. The summed E-state index contributed by atoms with van der Waals surface area (Å²) in [4.78, 5) is 22.8. The zero-order chi connectivity index (χ0) is 19.1. The van der Waals surface area contributed by atoms with Gasteiger partial charge in [-0.2, -0.15) is 0 Å². The van der Waals surface area contributed by atoms with E-state index in [9.17, 15) is 9.18 Å². The number of rotatable bonds is 7. The Bertz CT molecular complexity index is 884. The number of halogens is 1. The molecule has 1 aromatic heterocycles. The maximum Gasteiger partial charge on any atom is 0.257 e. The first-order valence-electron chi connectivity index (χ1n) is 8.80. The maximum absolute atomic E-state index is 13.6. The van der Waals surface area contributed by atoms with E-state index >= 15 is 0 Å². The van der Waals surface area contributed by atoms with Gasteiger partial charge in [0.15, 0.2) is 0 Å². The second kappa shape index (κ2) is 8.89. The van der Waals surface area contributed by atoms with Crippen LogP contribution in [0.4, 0.5) is 10.3 Å².